The number of aliphatic hydroxyl groups is 1. The van der Waals surface area contributed by atoms with E-state index in [-0.39, 0.29) is 24.4 Å². The van der Waals surface area contributed by atoms with E-state index in [0.717, 1.165) is 55.0 Å². The average molecular weight is 373 g/mol. The lowest BCUT2D eigenvalue weighted by molar-refractivity contribution is 0.0797. The fraction of sp³-hybridized carbons (Fsp3) is 0.455. The van der Waals surface area contributed by atoms with Gasteiger partial charge >= 0.3 is 0 Å². The van der Waals surface area contributed by atoms with E-state index in [1.165, 1.54) is 12.1 Å². The lowest BCUT2D eigenvalue weighted by Crippen LogP contribution is -2.39. The van der Waals surface area contributed by atoms with Crippen molar-refractivity contribution in [3.8, 4) is 11.5 Å². The van der Waals surface area contributed by atoms with Crippen molar-refractivity contribution in [1.82, 2.24) is 4.90 Å². The standard InChI is InChI=1S/C22H28FNO3/c1-26-21-5-3-4-19(22(21)27-2)20-14-17(15-25)11-13-24(20)12-10-16-6-8-18(23)9-7-16/h3-9,17,20,25H,10-15H2,1-2H3/t17?,20-/m1/s1. The molecule has 1 aliphatic heterocycles. The molecule has 1 fully saturated rings. The molecule has 0 spiro atoms. The highest BCUT2D eigenvalue weighted by molar-refractivity contribution is 5.48. The monoisotopic (exact) mass is 373 g/mol. The molecule has 1 saturated heterocycles. The van der Waals surface area contributed by atoms with Crippen LogP contribution >= 0.6 is 0 Å². The summed E-state index contributed by atoms with van der Waals surface area (Å²) in [6, 6.07) is 12.8. The third-order valence-electron chi connectivity index (χ3n) is 5.47. The van der Waals surface area contributed by atoms with Crippen LogP contribution in [-0.2, 0) is 6.42 Å². The van der Waals surface area contributed by atoms with Crippen molar-refractivity contribution in [1.29, 1.82) is 0 Å². The summed E-state index contributed by atoms with van der Waals surface area (Å²) < 4.78 is 24.3. The van der Waals surface area contributed by atoms with Gasteiger partial charge in [-0.2, -0.15) is 0 Å². The quantitative estimate of drug-likeness (QED) is 0.801. The van der Waals surface area contributed by atoms with Crippen LogP contribution in [0.4, 0.5) is 4.39 Å². The van der Waals surface area contributed by atoms with Crippen molar-refractivity contribution in [2.24, 2.45) is 5.92 Å². The van der Waals surface area contributed by atoms with Crippen molar-refractivity contribution in [2.75, 3.05) is 33.9 Å². The maximum Gasteiger partial charge on any atom is 0.165 e. The zero-order valence-electron chi connectivity index (χ0n) is 16.0. The number of hydrogen-bond acceptors (Lipinski definition) is 4. The van der Waals surface area contributed by atoms with Crippen LogP contribution in [0.2, 0.25) is 0 Å². The summed E-state index contributed by atoms with van der Waals surface area (Å²) in [7, 11) is 3.31. The van der Waals surface area contributed by atoms with Crippen LogP contribution in [0.3, 0.4) is 0 Å². The van der Waals surface area contributed by atoms with Crippen LogP contribution in [0.15, 0.2) is 42.5 Å². The molecule has 0 aliphatic carbocycles. The van der Waals surface area contributed by atoms with Gasteiger partial charge in [0.25, 0.3) is 0 Å². The molecule has 2 aromatic rings. The zero-order valence-corrected chi connectivity index (χ0v) is 16.0. The van der Waals surface area contributed by atoms with Gasteiger partial charge < -0.3 is 14.6 Å². The van der Waals surface area contributed by atoms with Gasteiger partial charge in [-0.3, -0.25) is 4.90 Å². The van der Waals surface area contributed by atoms with E-state index in [4.69, 9.17) is 9.47 Å². The summed E-state index contributed by atoms with van der Waals surface area (Å²) in [5, 5.41) is 9.69. The second-order valence-electron chi connectivity index (χ2n) is 7.08. The maximum absolute atomic E-state index is 13.1. The Kier molecular flexibility index (Phi) is 6.69. The number of aliphatic hydroxyl groups excluding tert-OH is 1. The van der Waals surface area contributed by atoms with E-state index >= 15 is 0 Å². The van der Waals surface area contributed by atoms with Crippen LogP contribution in [0.1, 0.15) is 30.0 Å². The molecular formula is C22H28FNO3. The Bertz CT molecular complexity index is 735. The van der Waals surface area contributed by atoms with Crippen molar-refractivity contribution in [2.45, 2.75) is 25.3 Å². The normalized spacial score (nSPS) is 20.4. The first-order chi connectivity index (χ1) is 13.2. The minimum Gasteiger partial charge on any atom is -0.493 e. The molecule has 1 unspecified atom stereocenters. The van der Waals surface area contributed by atoms with E-state index in [1.54, 1.807) is 14.2 Å². The van der Waals surface area contributed by atoms with E-state index in [9.17, 15) is 9.50 Å². The van der Waals surface area contributed by atoms with Crippen LogP contribution in [0.25, 0.3) is 0 Å². The van der Waals surface area contributed by atoms with Gasteiger partial charge in [0.2, 0.25) is 0 Å². The lowest BCUT2D eigenvalue weighted by Gasteiger charge is -2.40. The Labute approximate surface area is 160 Å². The number of rotatable bonds is 7. The Balaban J connectivity index is 1.83. The van der Waals surface area contributed by atoms with Crippen molar-refractivity contribution >= 4 is 0 Å². The number of piperidine rings is 1. The van der Waals surface area contributed by atoms with Gasteiger partial charge in [-0.05, 0) is 55.5 Å². The molecule has 0 amide bonds. The smallest absolute Gasteiger partial charge is 0.165 e. The van der Waals surface area contributed by atoms with E-state index in [2.05, 4.69) is 11.0 Å². The van der Waals surface area contributed by atoms with Gasteiger partial charge in [0.15, 0.2) is 11.5 Å². The molecule has 0 radical (unpaired) electrons. The summed E-state index contributed by atoms with van der Waals surface area (Å²) in [4.78, 5) is 2.44. The molecule has 27 heavy (non-hydrogen) atoms. The summed E-state index contributed by atoms with van der Waals surface area (Å²) in [5.41, 5.74) is 2.21. The molecule has 5 heteroatoms. The Morgan fingerprint density at radius 2 is 1.89 bits per heavy atom. The average Bonchev–Trinajstić information content (AvgIpc) is 2.72. The van der Waals surface area contributed by atoms with Crippen LogP contribution in [0, 0.1) is 11.7 Å². The lowest BCUT2D eigenvalue weighted by atomic mass is 9.86. The third kappa shape index (κ3) is 4.60. The fourth-order valence-electron chi connectivity index (χ4n) is 3.94. The molecule has 1 heterocycles. The Hall–Kier alpha value is -2.11. The highest BCUT2D eigenvalue weighted by atomic mass is 19.1. The molecule has 2 atom stereocenters. The molecular weight excluding hydrogens is 345 g/mol. The predicted octanol–water partition coefficient (Wildman–Crippen LogP) is 3.83. The highest BCUT2D eigenvalue weighted by Crippen LogP contribution is 2.42. The first-order valence-corrected chi connectivity index (χ1v) is 9.46. The number of methoxy groups -OCH3 is 2. The van der Waals surface area contributed by atoms with E-state index in [1.807, 2.05) is 24.3 Å². The van der Waals surface area contributed by atoms with Crippen molar-refractivity contribution in [3.63, 3.8) is 0 Å². The first-order valence-electron chi connectivity index (χ1n) is 9.46. The van der Waals surface area contributed by atoms with E-state index < -0.39 is 0 Å². The minimum absolute atomic E-state index is 0.154. The maximum atomic E-state index is 13.1. The van der Waals surface area contributed by atoms with Crippen LogP contribution < -0.4 is 9.47 Å². The molecule has 0 bridgehead atoms. The number of nitrogens with zero attached hydrogens (tertiary/aromatic N) is 1. The Morgan fingerprint density at radius 1 is 1.11 bits per heavy atom. The van der Waals surface area contributed by atoms with Crippen LogP contribution in [-0.4, -0.2) is 43.9 Å². The largest absolute Gasteiger partial charge is 0.493 e. The van der Waals surface area contributed by atoms with Gasteiger partial charge in [0.1, 0.15) is 5.82 Å². The molecule has 0 saturated carbocycles. The molecule has 3 rings (SSSR count). The third-order valence-corrected chi connectivity index (χ3v) is 5.47. The summed E-state index contributed by atoms with van der Waals surface area (Å²) in [6.07, 6.45) is 2.71. The highest BCUT2D eigenvalue weighted by Gasteiger charge is 2.31. The van der Waals surface area contributed by atoms with E-state index in [0.29, 0.717) is 0 Å². The number of halogens is 1. The number of ether oxygens (including phenoxy) is 2. The van der Waals surface area contributed by atoms with Crippen molar-refractivity contribution < 1.29 is 19.0 Å². The minimum atomic E-state index is -0.207. The molecule has 2 aromatic carbocycles. The fourth-order valence-corrected chi connectivity index (χ4v) is 3.94. The molecule has 1 N–H and O–H groups in total. The van der Waals surface area contributed by atoms with Gasteiger partial charge in [0, 0.05) is 24.8 Å². The van der Waals surface area contributed by atoms with Gasteiger partial charge in [-0.15, -0.1) is 0 Å². The zero-order chi connectivity index (χ0) is 19.2. The van der Waals surface area contributed by atoms with Gasteiger partial charge in [0.05, 0.1) is 14.2 Å². The predicted molar refractivity (Wildman–Crippen MR) is 104 cm³/mol. The Morgan fingerprint density at radius 3 is 2.56 bits per heavy atom. The number of hydrogen-bond donors (Lipinski definition) is 1. The second kappa shape index (κ2) is 9.20. The summed E-state index contributed by atoms with van der Waals surface area (Å²) in [6.45, 7) is 1.99. The number of para-hydroxylation sites is 1. The molecule has 4 nitrogen and oxygen atoms in total. The van der Waals surface area contributed by atoms with Gasteiger partial charge in [-0.25, -0.2) is 4.39 Å². The SMILES string of the molecule is COc1cccc([C@H]2CC(CO)CCN2CCc2ccc(F)cc2)c1OC. The van der Waals surface area contributed by atoms with Crippen LogP contribution in [0.5, 0.6) is 11.5 Å². The molecule has 146 valence electrons. The second-order valence-corrected chi connectivity index (χ2v) is 7.08. The summed E-state index contributed by atoms with van der Waals surface area (Å²) in [5.74, 6) is 1.56. The number of benzene rings is 2. The molecule has 1 aliphatic rings. The van der Waals surface area contributed by atoms with Crippen molar-refractivity contribution in [3.05, 3.63) is 59.4 Å². The summed E-state index contributed by atoms with van der Waals surface area (Å²) >= 11 is 0. The van der Waals surface area contributed by atoms with Gasteiger partial charge in [-0.1, -0.05) is 24.3 Å². The first kappa shape index (κ1) is 19.6. The molecule has 0 aromatic heterocycles. The number of likely N-dealkylation sites (tertiary alicyclic amines) is 1. The topological polar surface area (TPSA) is 41.9 Å².